The number of carbonyl (C=O) groups excluding carboxylic acids is 1. The third kappa shape index (κ3) is 4.80. The van der Waals surface area contributed by atoms with Crippen LogP contribution in [0.2, 0.25) is 0 Å². The van der Waals surface area contributed by atoms with E-state index in [0.29, 0.717) is 18.1 Å². The molecular weight excluding hydrogens is 518 g/mol. The molecule has 2 aromatic carbocycles. The van der Waals surface area contributed by atoms with E-state index < -0.39 is 27.5 Å². The van der Waals surface area contributed by atoms with Gasteiger partial charge in [0.05, 0.1) is 18.2 Å². The first-order valence-electron chi connectivity index (χ1n) is 13.3. The first-order valence-corrected chi connectivity index (χ1v) is 14.7. The van der Waals surface area contributed by atoms with E-state index in [4.69, 9.17) is 4.74 Å². The molecule has 0 radical (unpaired) electrons. The topological polar surface area (TPSA) is 118 Å². The lowest BCUT2D eigenvalue weighted by Crippen LogP contribution is -2.39. The van der Waals surface area contributed by atoms with E-state index >= 15 is 0 Å². The second kappa shape index (κ2) is 9.98. The quantitative estimate of drug-likeness (QED) is 0.463. The average Bonchev–Trinajstić information content (AvgIpc) is 3.13. The monoisotopic (exact) mass is 553 g/mol. The largest absolute Gasteiger partial charge is 0.497 e. The van der Waals surface area contributed by atoms with Crippen LogP contribution in [0.15, 0.2) is 36.4 Å². The predicted molar refractivity (Wildman–Crippen MR) is 149 cm³/mol. The van der Waals surface area contributed by atoms with Crippen molar-refractivity contribution in [2.45, 2.75) is 57.9 Å². The lowest BCUT2D eigenvalue weighted by molar-refractivity contribution is -0.148. The summed E-state index contributed by atoms with van der Waals surface area (Å²) in [6, 6.07) is 11.1. The van der Waals surface area contributed by atoms with Crippen LogP contribution in [-0.4, -0.2) is 55.5 Å². The maximum atomic E-state index is 13.0. The molecule has 1 fully saturated rings. The molecule has 1 aliphatic heterocycles. The number of fused-ring (bicyclic) bond motifs is 5. The van der Waals surface area contributed by atoms with Crippen molar-refractivity contribution in [1.29, 1.82) is 0 Å². The fourth-order valence-electron chi connectivity index (χ4n) is 6.09. The molecule has 1 aliphatic carbocycles. The van der Waals surface area contributed by atoms with Crippen LogP contribution in [0, 0.1) is 5.41 Å². The highest BCUT2D eigenvalue weighted by Crippen LogP contribution is 2.48. The van der Waals surface area contributed by atoms with Crippen LogP contribution < -0.4 is 9.46 Å². The number of benzene rings is 2. The van der Waals surface area contributed by atoms with E-state index in [1.54, 1.807) is 26.2 Å². The fourth-order valence-corrected chi connectivity index (χ4v) is 6.62. The zero-order valence-corrected chi connectivity index (χ0v) is 23.6. The summed E-state index contributed by atoms with van der Waals surface area (Å²) in [7, 11) is 0.324. The van der Waals surface area contributed by atoms with Crippen molar-refractivity contribution >= 4 is 33.0 Å². The Morgan fingerprint density at radius 2 is 1.82 bits per heavy atom. The van der Waals surface area contributed by atoms with Gasteiger partial charge in [0.2, 0.25) is 0 Å². The maximum Gasteiger partial charge on any atom is 0.311 e. The molecule has 5 rings (SSSR count). The summed E-state index contributed by atoms with van der Waals surface area (Å²) in [5.74, 6) is -0.668. The second-order valence-corrected chi connectivity index (χ2v) is 13.1. The number of nitrogens with one attached hydrogen (secondary N) is 1. The van der Waals surface area contributed by atoms with Crippen molar-refractivity contribution in [3.05, 3.63) is 53.1 Å². The van der Waals surface area contributed by atoms with Crippen LogP contribution >= 0.6 is 0 Å². The molecule has 1 atom stereocenters. The molecule has 2 N–H and O–H groups in total. The lowest BCUT2D eigenvalue weighted by atomic mass is 9.80. The molecule has 208 valence electrons. The second-order valence-electron chi connectivity index (χ2n) is 11.2. The van der Waals surface area contributed by atoms with E-state index in [2.05, 4.69) is 4.72 Å². The fraction of sp³-hybridized carbons (Fsp3) is 0.448. The Bertz CT molecular complexity index is 1570. The third-order valence-electron chi connectivity index (χ3n) is 8.25. The number of rotatable bonds is 6. The van der Waals surface area contributed by atoms with Gasteiger partial charge >= 0.3 is 16.2 Å². The summed E-state index contributed by atoms with van der Waals surface area (Å²) in [5, 5.41) is 11.3. The van der Waals surface area contributed by atoms with E-state index in [9.17, 15) is 23.1 Å². The van der Waals surface area contributed by atoms with Crippen LogP contribution in [0.3, 0.4) is 0 Å². The zero-order valence-electron chi connectivity index (χ0n) is 22.8. The van der Waals surface area contributed by atoms with Crippen molar-refractivity contribution in [3.8, 4) is 17.0 Å². The maximum absolute atomic E-state index is 13.0. The molecule has 0 spiro atoms. The standard InChI is InChI=1S/C29H35N3O6S/c1-29(28(34)35)16-20-14-21(38-4)11-13-22(20)26-25(18-8-6-5-7-9-18)23-12-10-19(15-24(23)32(26)17-29)27(33)30-39(36,37)31(2)3/h10-15,18H,5-9,16-17H2,1-4H3,(H,30,33)(H,34,35)/t29-/m0/s1. The van der Waals surface area contributed by atoms with E-state index in [0.717, 1.165) is 57.7 Å². The number of aromatic nitrogens is 1. The summed E-state index contributed by atoms with van der Waals surface area (Å²) in [6.07, 6.45) is 5.85. The van der Waals surface area contributed by atoms with Crippen molar-refractivity contribution < 1.29 is 27.9 Å². The smallest absolute Gasteiger partial charge is 0.311 e. The minimum absolute atomic E-state index is 0.194. The Morgan fingerprint density at radius 3 is 2.46 bits per heavy atom. The van der Waals surface area contributed by atoms with Gasteiger partial charge in [-0.3, -0.25) is 9.59 Å². The van der Waals surface area contributed by atoms with E-state index in [1.807, 2.05) is 28.8 Å². The summed E-state index contributed by atoms with van der Waals surface area (Å²) in [4.78, 5) is 25.7. The number of ether oxygens (including phenoxy) is 1. The van der Waals surface area contributed by atoms with E-state index in [-0.39, 0.29) is 12.1 Å². The Kier molecular flexibility index (Phi) is 6.97. The number of aliphatic carboxylic acids is 1. The third-order valence-corrected chi connectivity index (χ3v) is 9.66. The van der Waals surface area contributed by atoms with Gasteiger partial charge in [-0.1, -0.05) is 25.3 Å². The zero-order chi connectivity index (χ0) is 28.1. The number of methoxy groups -OCH3 is 1. The molecule has 1 amide bonds. The van der Waals surface area contributed by atoms with Gasteiger partial charge in [0, 0.05) is 42.7 Å². The van der Waals surface area contributed by atoms with Crippen LogP contribution in [0.25, 0.3) is 22.2 Å². The van der Waals surface area contributed by atoms with Crippen molar-refractivity contribution in [2.24, 2.45) is 5.41 Å². The van der Waals surface area contributed by atoms with Crippen LogP contribution in [0.4, 0.5) is 0 Å². The van der Waals surface area contributed by atoms with Gasteiger partial charge in [0.1, 0.15) is 5.75 Å². The van der Waals surface area contributed by atoms with Crippen molar-refractivity contribution in [1.82, 2.24) is 13.6 Å². The molecule has 2 aliphatic rings. The van der Waals surface area contributed by atoms with Gasteiger partial charge in [-0.15, -0.1) is 0 Å². The van der Waals surface area contributed by atoms with Crippen molar-refractivity contribution in [2.75, 3.05) is 21.2 Å². The van der Waals surface area contributed by atoms with Gasteiger partial charge in [-0.05, 0) is 73.6 Å². The molecule has 10 heteroatoms. The highest BCUT2D eigenvalue weighted by Gasteiger charge is 2.40. The van der Waals surface area contributed by atoms with Crippen LogP contribution in [-0.2, 0) is 28.0 Å². The number of hydrogen-bond acceptors (Lipinski definition) is 5. The minimum atomic E-state index is -3.97. The lowest BCUT2D eigenvalue weighted by Gasteiger charge is -2.24. The normalized spacial score (nSPS) is 19.8. The molecular formula is C29H35N3O6S. The highest BCUT2D eigenvalue weighted by atomic mass is 32.2. The average molecular weight is 554 g/mol. The molecule has 39 heavy (non-hydrogen) atoms. The Balaban J connectivity index is 1.79. The minimum Gasteiger partial charge on any atom is -0.497 e. The molecule has 9 nitrogen and oxygen atoms in total. The number of hydrogen-bond donors (Lipinski definition) is 2. The van der Waals surface area contributed by atoms with Gasteiger partial charge in [0.15, 0.2) is 0 Å². The molecule has 0 bridgehead atoms. The highest BCUT2D eigenvalue weighted by molar-refractivity contribution is 7.87. The van der Waals surface area contributed by atoms with Gasteiger partial charge in [-0.25, -0.2) is 4.72 Å². The molecule has 3 aromatic rings. The van der Waals surface area contributed by atoms with E-state index in [1.165, 1.54) is 26.1 Å². The number of carboxylic acid groups (broad SMARTS) is 1. The number of carboxylic acids is 1. The first-order chi connectivity index (χ1) is 18.4. The first kappa shape index (κ1) is 27.2. The van der Waals surface area contributed by atoms with Crippen molar-refractivity contribution in [3.63, 3.8) is 0 Å². The van der Waals surface area contributed by atoms with Gasteiger partial charge in [0.25, 0.3) is 5.91 Å². The van der Waals surface area contributed by atoms with Crippen LogP contribution in [0.5, 0.6) is 5.75 Å². The number of carbonyl (C=O) groups is 2. The summed E-state index contributed by atoms with van der Waals surface area (Å²) in [5.41, 5.74) is 3.86. The molecule has 0 saturated heterocycles. The van der Waals surface area contributed by atoms with Crippen LogP contribution in [0.1, 0.15) is 66.4 Å². The van der Waals surface area contributed by atoms with Gasteiger partial charge < -0.3 is 14.4 Å². The summed E-state index contributed by atoms with van der Waals surface area (Å²) >= 11 is 0. The number of amides is 1. The predicted octanol–water partition coefficient (Wildman–Crippen LogP) is 4.55. The molecule has 1 saturated carbocycles. The summed E-state index contributed by atoms with van der Waals surface area (Å²) in [6.45, 7) is 1.96. The molecule has 2 heterocycles. The summed E-state index contributed by atoms with van der Waals surface area (Å²) < 4.78 is 35.2. The Labute approximate surface area is 228 Å². The number of nitrogens with zero attached hydrogens (tertiary/aromatic N) is 2. The van der Waals surface area contributed by atoms with Gasteiger partial charge in [-0.2, -0.15) is 12.7 Å². The SMILES string of the molecule is COc1ccc2c(c1)C[C@](C)(C(=O)O)Cn1c-2c(C2CCCCC2)c2ccc(C(=O)NS(=O)(=O)N(C)C)cc21. The Hall–Kier alpha value is -3.37. The molecule has 0 unspecified atom stereocenters. The molecule has 1 aromatic heterocycles. The Morgan fingerprint density at radius 1 is 1.10 bits per heavy atom.